The van der Waals surface area contributed by atoms with Crippen LogP contribution in [-0.2, 0) is 4.79 Å². The maximum atomic E-state index is 11.0. The van der Waals surface area contributed by atoms with Gasteiger partial charge in [0.15, 0.2) is 0 Å². The lowest BCUT2D eigenvalue weighted by atomic mass is 10.1. The molecule has 1 unspecified atom stereocenters. The van der Waals surface area contributed by atoms with E-state index in [1.54, 1.807) is 0 Å². The highest BCUT2D eigenvalue weighted by molar-refractivity contribution is 6.30. The van der Waals surface area contributed by atoms with E-state index in [1.807, 2.05) is 12.1 Å². The zero-order valence-electron chi connectivity index (χ0n) is 12.2. The fourth-order valence-corrected chi connectivity index (χ4v) is 2.21. The number of nitrogens with one attached hydrogen (secondary N) is 1. The van der Waals surface area contributed by atoms with Gasteiger partial charge in [-0.05, 0) is 51.1 Å². The van der Waals surface area contributed by atoms with Gasteiger partial charge in [-0.25, -0.2) is 5.84 Å². The van der Waals surface area contributed by atoms with Gasteiger partial charge in [0.1, 0.15) is 0 Å². The molecule has 0 aromatic heterocycles. The van der Waals surface area contributed by atoms with E-state index in [0.29, 0.717) is 12.5 Å². The van der Waals surface area contributed by atoms with Gasteiger partial charge in [0.25, 0.3) is 0 Å². The van der Waals surface area contributed by atoms with Crippen molar-refractivity contribution in [1.82, 2.24) is 10.3 Å². The molecule has 3 N–H and O–H groups in total. The molecule has 0 radical (unpaired) electrons. The molecule has 0 saturated carbocycles. The Hall–Kier alpha value is -1.10. The molecule has 20 heavy (non-hydrogen) atoms. The van der Waals surface area contributed by atoms with E-state index in [-0.39, 0.29) is 5.91 Å². The minimum atomic E-state index is -0.0899. The van der Waals surface area contributed by atoms with E-state index < -0.39 is 0 Å². The van der Waals surface area contributed by atoms with Crippen molar-refractivity contribution in [2.45, 2.75) is 38.6 Å². The average molecular weight is 298 g/mol. The third-order valence-electron chi connectivity index (χ3n) is 3.59. The number of halogens is 1. The van der Waals surface area contributed by atoms with Crippen LogP contribution in [0, 0.1) is 0 Å². The molecule has 0 aliphatic heterocycles. The van der Waals surface area contributed by atoms with Crippen LogP contribution in [0.2, 0.25) is 5.02 Å². The number of unbranched alkanes of at least 4 members (excludes halogenated alkanes) is 2. The zero-order chi connectivity index (χ0) is 15.0. The molecule has 0 aliphatic rings. The molecule has 4 nitrogen and oxygen atoms in total. The number of carbonyl (C=O) groups excluding carboxylic acids is 1. The second kappa shape index (κ2) is 8.95. The van der Waals surface area contributed by atoms with Crippen molar-refractivity contribution < 1.29 is 4.79 Å². The maximum Gasteiger partial charge on any atom is 0.233 e. The minimum Gasteiger partial charge on any atom is -0.300 e. The Morgan fingerprint density at radius 3 is 2.55 bits per heavy atom. The summed E-state index contributed by atoms with van der Waals surface area (Å²) in [5.41, 5.74) is 3.41. The second-order valence-corrected chi connectivity index (χ2v) is 5.52. The molecule has 112 valence electrons. The summed E-state index contributed by atoms with van der Waals surface area (Å²) in [6.07, 6.45) is 3.50. The molecule has 0 spiro atoms. The van der Waals surface area contributed by atoms with Gasteiger partial charge in [0, 0.05) is 17.5 Å². The number of hydrazine groups is 1. The number of rotatable bonds is 8. The maximum absolute atomic E-state index is 11.0. The molecule has 0 heterocycles. The van der Waals surface area contributed by atoms with Gasteiger partial charge in [0.2, 0.25) is 5.91 Å². The Kier molecular flexibility index (Phi) is 7.59. The highest BCUT2D eigenvalue weighted by Crippen LogP contribution is 2.21. The Morgan fingerprint density at radius 1 is 1.30 bits per heavy atom. The van der Waals surface area contributed by atoms with Gasteiger partial charge in [-0.2, -0.15) is 0 Å². The third kappa shape index (κ3) is 5.90. The molecule has 5 heteroatoms. The van der Waals surface area contributed by atoms with Gasteiger partial charge in [-0.3, -0.25) is 15.1 Å². The van der Waals surface area contributed by atoms with E-state index in [1.165, 1.54) is 5.56 Å². The van der Waals surface area contributed by atoms with Gasteiger partial charge < -0.3 is 0 Å². The molecule has 1 aromatic carbocycles. The molecule has 1 amide bonds. The van der Waals surface area contributed by atoms with Crippen molar-refractivity contribution in [3.63, 3.8) is 0 Å². The number of hydrogen-bond acceptors (Lipinski definition) is 3. The Labute approximate surface area is 126 Å². The first-order valence-electron chi connectivity index (χ1n) is 6.99. The van der Waals surface area contributed by atoms with Crippen LogP contribution in [-0.4, -0.2) is 24.4 Å². The van der Waals surface area contributed by atoms with Gasteiger partial charge in [0.05, 0.1) is 0 Å². The lowest BCUT2D eigenvalue weighted by Gasteiger charge is -2.25. The predicted octanol–water partition coefficient (Wildman–Crippen LogP) is 2.88. The van der Waals surface area contributed by atoms with Crippen molar-refractivity contribution in [2.24, 2.45) is 5.84 Å². The molecule has 0 bridgehead atoms. The van der Waals surface area contributed by atoms with Gasteiger partial charge in [-0.1, -0.05) is 30.2 Å². The largest absolute Gasteiger partial charge is 0.300 e. The van der Waals surface area contributed by atoms with E-state index in [4.69, 9.17) is 17.4 Å². The zero-order valence-corrected chi connectivity index (χ0v) is 13.0. The van der Waals surface area contributed by atoms with E-state index in [9.17, 15) is 4.79 Å². The third-order valence-corrected chi connectivity index (χ3v) is 3.84. The summed E-state index contributed by atoms with van der Waals surface area (Å²) in [6, 6.07) is 8.34. The fraction of sp³-hybridized carbons (Fsp3) is 0.533. The number of benzene rings is 1. The standard InChI is InChI=1S/C15H24ClN3O/c1-12(13-7-9-14(16)10-8-13)19(2)11-5-3-4-6-15(20)18-17/h7-10,12H,3-6,11,17H2,1-2H3,(H,18,20). The van der Waals surface area contributed by atoms with Gasteiger partial charge in [-0.15, -0.1) is 0 Å². The Bertz CT molecular complexity index is 408. The van der Waals surface area contributed by atoms with Crippen molar-refractivity contribution >= 4 is 17.5 Å². The van der Waals surface area contributed by atoms with Crippen molar-refractivity contribution in [3.8, 4) is 0 Å². The first-order chi connectivity index (χ1) is 9.54. The van der Waals surface area contributed by atoms with Crippen LogP contribution in [0.1, 0.15) is 44.2 Å². The number of amides is 1. The number of nitrogens with zero attached hydrogens (tertiary/aromatic N) is 1. The quantitative estimate of drug-likeness (QED) is 0.336. The number of carbonyl (C=O) groups is 1. The lowest BCUT2D eigenvalue weighted by Crippen LogP contribution is -2.29. The van der Waals surface area contributed by atoms with Gasteiger partial charge >= 0.3 is 0 Å². The molecular formula is C15H24ClN3O. The smallest absolute Gasteiger partial charge is 0.233 e. The highest BCUT2D eigenvalue weighted by atomic mass is 35.5. The van der Waals surface area contributed by atoms with E-state index >= 15 is 0 Å². The summed E-state index contributed by atoms with van der Waals surface area (Å²) < 4.78 is 0. The summed E-state index contributed by atoms with van der Waals surface area (Å²) in [5.74, 6) is 4.94. The lowest BCUT2D eigenvalue weighted by molar-refractivity contribution is -0.121. The summed E-state index contributed by atoms with van der Waals surface area (Å²) in [7, 11) is 2.12. The van der Waals surface area contributed by atoms with Crippen LogP contribution in [0.4, 0.5) is 0 Å². The van der Waals surface area contributed by atoms with Crippen LogP contribution >= 0.6 is 11.6 Å². The SMILES string of the molecule is CC(c1ccc(Cl)cc1)N(C)CCCCCC(=O)NN. The van der Waals surface area contributed by atoms with Crippen LogP contribution in [0.5, 0.6) is 0 Å². The molecule has 0 saturated heterocycles. The molecule has 1 aromatic rings. The monoisotopic (exact) mass is 297 g/mol. The number of nitrogens with two attached hydrogens (primary N) is 1. The average Bonchev–Trinajstić information content (AvgIpc) is 2.46. The normalized spacial score (nSPS) is 12.4. The molecular weight excluding hydrogens is 274 g/mol. The van der Waals surface area contributed by atoms with Crippen molar-refractivity contribution in [2.75, 3.05) is 13.6 Å². The molecule has 1 atom stereocenters. The Balaban J connectivity index is 2.26. The first-order valence-corrected chi connectivity index (χ1v) is 7.37. The molecule has 0 aliphatic carbocycles. The van der Waals surface area contributed by atoms with Crippen LogP contribution in [0.15, 0.2) is 24.3 Å². The topological polar surface area (TPSA) is 58.4 Å². The molecule has 0 fully saturated rings. The first kappa shape index (κ1) is 17.0. The highest BCUT2D eigenvalue weighted by Gasteiger charge is 2.11. The Morgan fingerprint density at radius 2 is 1.95 bits per heavy atom. The minimum absolute atomic E-state index is 0.0899. The predicted molar refractivity (Wildman–Crippen MR) is 83.3 cm³/mol. The van der Waals surface area contributed by atoms with Crippen LogP contribution in [0.3, 0.4) is 0 Å². The van der Waals surface area contributed by atoms with Crippen LogP contribution in [0.25, 0.3) is 0 Å². The van der Waals surface area contributed by atoms with Crippen molar-refractivity contribution in [3.05, 3.63) is 34.9 Å². The summed E-state index contributed by atoms with van der Waals surface area (Å²) in [5, 5.41) is 0.766. The van der Waals surface area contributed by atoms with E-state index in [0.717, 1.165) is 30.8 Å². The van der Waals surface area contributed by atoms with Crippen LogP contribution < -0.4 is 11.3 Å². The second-order valence-electron chi connectivity index (χ2n) is 5.09. The summed E-state index contributed by atoms with van der Waals surface area (Å²) >= 11 is 5.90. The fourth-order valence-electron chi connectivity index (χ4n) is 2.09. The number of hydrogen-bond donors (Lipinski definition) is 2. The molecule has 1 rings (SSSR count). The summed E-state index contributed by atoms with van der Waals surface area (Å²) in [6.45, 7) is 3.19. The van der Waals surface area contributed by atoms with E-state index in [2.05, 4.69) is 36.4 Å². The summed E-state index contributed by atoms with van der Waals surface area (Å²) in [4.78, 5) is 13.3. The van der Waals surface area contributed by atoms with Crippen molar-refractivity contribution in [1.29, 1.82) is 0 Å².